The molecule has 33 heavy (non-hydrogen) atoms. The lowest BCUT2D eigenvalue weighted by Gasteiger charge is -2.26. The summed E-state index contributed by atoms with van der Waals surface area (Å²) in [6.07, 6.45) is 0.245. The van der Waals surface area contributed by atoms with Crippen molar-refractivity contribution in [2.75, 3.05) is 6.54 Å². The van der Waals surface area contributed by atoms with Gasteiger partial charge in [-0.25, -0.2) is 0 Å². The number of aryl methyl sites for hydroxylation is 1. The van der Waals surface area contributed by atoms with E-state index in [0.717, 1.165) is 33.3 Å². The summed E-state index contributed by atoms with van der Waals surface area (Å²) in [7, 11) is 0. The standard InChI is InChI=1S/C28H27N3O2/c1-18(20-10-4-3-5-11-20)30-25(32)16-17-31-27(21-12-6-7-13-22(21)28(31)33)26-19(2)29-24-15-9-8-14-23(24)26/h3-15,18,27,29H,16-17H2,1-2H3,(H,30,32)/t18-,27+/m1/s1. The van der Waals surface area contributed by atoms with Crippen molar-refractivity contribution in [1.29, 1.82) is 0 Å². The lowest BCUT2D eigenvalue weighted by Crippen LogP contribution is -2.34. The number of carbonyl (C=O) groups is 2. The molecule has 3 aromatic carbocycles. The third kappa shape index (κ3) is 3.80. The van der Waals surface area contributed by atoms with Gasteiger partial charge in [0.05, 0.1) is 12.1 Å². The van der Waals surface area contributed by atoms with Crippen molar-refractivity contribution < 1.29 is 9.59 Å². The Bertz CT molecular complexity index is 1330. The number of para-hydroxylation sites is 1. The molecule has 1 aromatic heterocycles. The number of carbonyl (C=O) groups excluding carboxylic acids is 2. The molecule has 2 amide bonds. The molecular formula is C28H27N3O2. The maximum Gasteiger partial charge on any atom is 0.255 e. The van der Waals surface area contributed by atoms with E-state index in [-0.39, 0.29) is 30.3 Å². The molecule has 0 saturated heterocycles. The molecule has 0 radical (unpaired) electrons. The number of aromatic nitrogens is 1. The van der Waals surface area contributed by atoms with E-state index in [1.165, 1.54) is 0 Å². The Labute approximate surface area is 193 Å². The summed E-state index contributed by atoms with van der Waals surface area (Å²) in [5.41, 5.74) is 5.96. The molecule has 4 aromatic rings. The average Bonchev–Trinajstić information content (AvgIpc) is 3.31. The molecule has 0 unspecified atom stereocenters. The molecule has 1 aliphatic rings. The second-order valence-corrected chi connectivity index (χ2v) is 8.65. The van der Waals surface area contributed by atoms with Gasteiger partial charge in [0.15, 0.2) is 0 Å². The van der Waals surface area contributed by atoms with Crippen LogP contribution < -0.4 is 5.32 Å². The van der Waals surface area contributed by atoms with Gasteiger partial charge in [-0.1, -0.05) is 66.7 Å². The number of rotatable bonds is 6. The van der Waals surface area contributed by atoms with Gasteiger partial charge in [0, 0.05) is 40.7 Å². The number of hydrogen-bond donors (Lipinski definition) is 2. The molecule has 2 heterocycles. The molecule has 0 fully saturated rings. The highest BCUT2D eigenvalue weighted by atomic mass is 16.2. The van der Waals surface area contributed by atoms with Gasteiger partial charge < -0.3 is 15.2 Å². The van der Waals surface area contributed by atoms with Crippen LogP contribution in [0.25, 0.3) is 10.9 Å². The van der Waals surface area contributed by atoms with Crippen LogP contribution in [0.5, 0.6) is 0 Å². The van der Waals surface area contributed by atoms with Gasteiger partial charge in [0.1, 0.15) is 0 Å². The SMILES string of the molecule is Cc1[nH]c2ccccc2c1[C@@H]1c2ccccc2C(=O)N1CCC(=O)N[C@H](C)c1ccccc1. The summed E-state index contributed by atoms with van der Waals surface area (Å²) in [4.78, 5) is 31.5. The van der Waals surface area contributed by atoms with Crippen LogP contribution in [0, 0.1) is 6.92 Å². The normalized spacial score (nSPS) is 16.1. The molecule has 2 atom stereocenters. The van der Waals surface area contributed by atoms with Crippen LogP contribution in [0.4, 0.5) is 0 Å². The predicted molar refractivity (Wildman–Crippen MR) is 130 cm³/mol. The van der Waals surface area contributed by atoms with Crippen LogP contribution >= 0.6 is 0 Å². The number of fused-ring (bicyclic) bond motifs is 2. The maximum atomic E-state index is 13.4. The van der Waals surface area contributed by atoms with E-state index in [2.05, 4.69) is 22.4 Å². The van der Waals surface area contributed by atoms with Gasteiger partial charge >= 0.3 is 0 Å². The van der Waals surface area contributed by atoms with E-state index in [0.29, 0.717) is 12.1 Å². The van der Waals surface area contributed by atoms with Crippen LogP contribution in [0.2, 0.25) is 0 Å². The Morgan fingerprint density at radius 3 is 2.52 bits per heavy atom. The Hall–Kier alpha value is -3.86. The fourth-order valence-corrected chi connectivity index (χ4v) is 4.92. The first-order valence-corrected chi connectivity index (χ1v) is 11.4. The fraction of sp³-hybridized carbons (Fsp3) is 0.214. The molecule has 5 heteroatoms. The number of benzene rings is 3. The van der Waals surface area contributed by atoms with Crippen molar-refractivity contribution in [3.8, 4) is 0 Å². The summed E-state index contributed by atoms with van der Waals surface area (Å²) >= 11 is 0. The number of aromatic amines is 1. The topological polar surface area (TPSA) is 65.2 Å². The predicted octanol–water partition coefficient (Wildman–Crippen LogP) is 5.29. The van der Waals surface area contributed by atoms with Gasteiger partial charge in [0.25, 0.3) is 5.91 Å². The Kier molecular flexibility index (Phi) is 5.47. The number of hydrogen-bond acceptors (Lipinski definition) is 2. The van der Waals surface area contributed by atoms with Crippen molar-refractivity contribution in [2.24, 2.45) is 0 Å². The number of H-pyrrole nitrogens is 1. The minimum Gasteiger partial charge on any atom is -0.358 e. The Balaban J connectivity index is 1.42. The zero-order chi connectivity index (χ0) is 22.9. The Morgan fingerprint density at radius 2 is 1.70 bits per heavy atom. The summed E-state index contributed by atoms with van der Waals surface area (Å²) in [6.45, 7) is 4.37. The molecule has 2 N–H and O–H groups in total. The summed E-state index contributed by atoms with van der Waals surface area (Å²) in [6, 6.07) is 25.5. The number of nitrogens with one attached hydrogen (secondary N) is 2. The molecule has 0 bridgehead atoms. The lowest BCUT2D eigenvalue weighted by molar-refractivity contribution is -0.122. The molecular weight excluding hydrogens is 410 g/mol. The van der Waals surface area contributed by atoms with E-state index in [1.807, 2.05) is 85.5 Å². The van der Waals surface area contributed by atoms with Crippen molar-refractivity contribution >= 4 is 22.7 Å². The van der Waals surface area contributed by atoms with Crippen LogP contribution in [0.15, 0.2) is 78.9 Å². The van der Waals surface area contributed by atoms with Crippen LogP contribution in [-0.4, -0.2) is 28.2 Å². The van der Waals surface area contributed by atoms with Crippen molar-refractivity contribution in [2.45, 2.75) is 32.4 Å². The first kappa shape index (κ1) is 21.0. The van der Waals surface area contributed by atoms with E-state index in [4.69, 9.17) is 0 Å². The molecule has 0 aliphatic carbocycles. The van der Waals surface area contributed by atoms with Crippen molar-refractivity contribution in [1.82, 2.24) is 15.2 Å². The molecule has 1 aliphatic heterocycles. The highest BCUT2D eigenvalue weighted by Gasteiger charge is 2.39. The van der Waals surface area contributed by atoms with Crippen molar-refractivity contribution in [3.05, 3.63) is 107 Å². The van der Waals surface area contributed by atoms with Crippen LogP contribution in [0.3, 0.4) is 0 Å². The third-order valence-electron chi connectivity index (χ3n) is 6.53. The largest absolute Gasteiger partial charge is 0.358 e. The monoisotopic (exact) mass is 437 g/mol. The molecule has 5 nitrogen and oxygen atoms in total. The zero-order valence-electron chi connectivity index (χ0n) is 18.8. The van der Waals surface area contributed by atoms with Crippen molar-refractivity contribution in [3.63, 3.8) is 0 Å². The molecule has 166 valence electrons. The third-order valence-corrected chi connectivity index (χ3v) is 6.53. The van der Waals surface area contributed by atoms with Gasteiger partial charge in [0.2, 0.25) is 5.91 Å². The summed E-state index contributed by atoms with van der Waals surface area (Å²) in [5, 5.41) is 4.17. The highest BCUT2D eigenvalue weighted by Crippen LogP contribution is 2.42. The minimum absolute atomic E-state index is 0.0239. The van der Waals surface area contributed by atoms with Gasteiger partial charge in [-0.05, 0) is 37.1 Å². The van der Waals surface area contributed by atoms with E-state index in [9.17, 15) is 9.59 Å². The van der Waals surface area contributed by atoms with Crippen LogP contribution in [0.1, 0.15) is 58.2 Å². The first-order valence-electron chi connectivity index (χ1n) is 11.4. The van der Waals surface area contributed by atoms with Gasteiger partial charge in [-0.3, -0.25) is 9.59 Å². The molecule has 0 saturated carbocycles. The summed E-state index contributed by atoms with van der Waals surface area (Å²) in [5.74, 6) is -0.0892. The fourth-order valence-electron chi connectivity index (χ4n) is 4.92. The second kappa shape index (κ2) is 8.58. The first-order chi connectivity index (χ1) is 16.0. The number of nitrogens with zero attached hydrogens (tertiary/aromatic N) is 1. The second-order valence-electron chi connectivity index (χ2n) is 8.65. The summed E-state index contributed by atoms with van der Waals surface area (Å²) < 4.78 is 0. The smallest absolute Gasteiger partial charge is 0.255 e. The van der Waals surface area contributed by atoms with E-state index >= 15 is 0 Å². The number of amides is 2. The van der Waals surface area contributed by atoms with E-state index < -0.39 is 0 Å². The Morgan fingerprint density at radius 1 is 1.00 bits per heavy atom. The zero-order valence-corrected chi connectivity index (χ0v) is 18.8. The molecule has 0 spiro atoms. The van der Waals surface area contributed by atoms with Gasteiger partial charge in [-0.2, -0.15) is 0 Å². The quantitative estimate of drug-likeness (QED) is 0.431. The maximum absolute atomic E-state index is 13.4. The highest BCUT2D eigenvalue weighted by molar-refractivity contribution is 6.01. The van der Waals surface area contributed by atoms with Gasteiger partial charge in [-0.15, -0.1) is 0 Å². The molecule has 5 rings (SSSR count). The van der Waals surface area contributed by atoms with E-state index in [1.54, 1.807) is 0 Å². The lowest BCUT2D eigenvalue weighted by atomic mass is 9.95. The van der Waals surface area contributed by atoms with Crippen LogP contribution in [-0.2, 0) is 4.79 Å². The minimum atomic E-state index is -0.218. The average molecular weight is 438 g/mol.